The number of nitrogens with two attached hydrogens (primary N) is 1. The lowest BCUT2D eigenvalue weighted by molar-refractivity contribution is 0.102. The van der Waals surface area contributed by atoms with Crippen molar-refractivity contribution in [3.05, 3.63) is 66.1 Å². The number of amides is 1. The highest BCUT2D eigenvalue weighted by Crippen LogP contribution is 2.17. The van der Waals surface area contributed by atoms with E-state index < -0.39 is 0 Å². The number of carbonyl (C=O) groups excluding carboxylic acids is 1. The molecule has 2 heterocycles. The van der Waals surface area contributed by atoms with E-state index >= 15 is 0 Å². The van der Waals surface area contributed by atoms with Gasteiger partial charge in [0, 0.05) is 24.3 Å². The van der Waals surface area contributed by atoms with Crippen molar-refractivity contribution in [2.75, 3.05) is 5.32 Å². The fourth-order valence-corrected chi connectivity index (χ4v) is 2.10. The molecular weight excluding hydrogens is 264 g/mol. The van der Waals surface area contributed by atoms with Gasteiger partial charge in [-0.1, -0.05) is 30.3 Å². The quantitative estimate of drug-likeness (QED) is 0.770. The summed E-state index contributed by atoms with van der Waals surface area (Å²) in [5.41, 5.74) is 6.82. The molecule has 0 fully saturated rings. The fraction of sp³-hybridized carbons (Fsp3) is 0.0625. The minimum absolute atomic E-state index is 0.278. The van der Waals surface area contributed by atoms with Gasteiger partial charge in [0.1, 0.15) is 11.5 Å². The van der Waals surface area contributed by atoms with E-state index in [1.165, 1.54) is 0 Å². The second kappa shape index (κ2) is 5.68. The van der Waals surface area contributed by atoms with Gasteiger partial charge in [-0.25, -0.2) is 4.98 Å². The van der Waals surface area contributed by atoms with Gasteiger partial charge in [-0.3, -0.25) is 9.78 Å². The maximum Gasteiger partial charge on any atom is 0.276 e. The number of pyridine rings is 2. The SMILES string of the molecule is NCc1ccc(NC(=O)c2nccc3ccccc23)nc1. The molecule has 2 aromatic heterocycles. The predicted octanol–water partition coefficient (Wildman–Crippen LogP) is 2.34. The maximum absolute atomic E-state index is 12.3. The normalized spacial score (nSPS) is 10.5. The van der Waals surface area contributed by atoms with Crippen LogP contribution in [0, 0.1) is 0 Å². The summed E-state index contributed by atoms with van der Waals surface area (Å²) >= 11 is 0. The van der Waals surface area contributed by atoms with Gasteiger partial charge in [-0.15, -0.1) is 0 Å². The van der Waals surface area contributed by atoms with E-state index in [9.17, 15) is 4.79 Å². The van der Waals surface area contributed by atoms with E-state index in [1.807, 2.05) is 36.4 Å². The molecule has 1 amide bonds. The Bertz CT molecular complexity index is 778. The Morgan fingerprint density at radius 3 is 2.71 bits per heavy atom. The first kappa shape index (κ1) is 13.2. The number of rotatable bonds is 3. The monoisotopic (exact) mass is 278 g/mol. The molecule has 3 N–H and O–H groups in total. The summed E-state index contributed by atoms with van der Waals surface area (Å²) in [7, 11) is 0. The van der Waals surface area contributed by atoms with E-state index in [4.69, 9.17) is 5.73 Å². The fourth-order valence-electron chi connectivity index (χ4n) is 2.10. The molecule has 0 spiro atoms. The average Bonchev–Trinajstić information content (AvgIpc) is 2.55. The number of fused-ring (bicyclic) bond motifs is 1. The Morgan fingerprint density at radius 2 is 1.95 bits per heavy atom. The molecule has 0 bridgehead atoms. The second-order valence-electron chi connectivity index (χ2n) is 4.59. The molecule has 0 unspecified atom stereocenters. The number of nitrogens with zero attached hydrogens (tertiary/aromatic N) is 2. The molecule has 0 radical (unpaired) electrons. The van der Waals surface area contributed by atoms with Gasteiger partial charge < -0.3 is 11.1 Å². The molecule has 104 valence electrons. The summed E-state index contributed by atoms with van der Waals surface area (Å²) in [5, 5.41) is 4.54. The van der Waals surface area contributed by atoms with Crippen molar-refractivity contribution in [3.63, 3.8) is 0 Å². The molecule has 3 aromatic rings. The molecule has 0 atom stereocenters. The highest BCUT2D eigenvalue weighted by molar-refractivity contribution is 6.10. The van der Waals surface area contributed by atoms with Crippen LogP contribution in [0.5, 0.6) is 0 Å². The lowest BCUT2D eigenvalue weighted by Gasteiger charge is -2.07. The van der Waals surface area contributed by atoms with Gasteiger partial charge >= 0.3 is 0 Å². The van der Waals surface area contributed by atoms with Crippen molar-refractivity contribution in [3.8, 4) is 0 Å². The first-order chi connectivity index (χ1) is 10.3. The molecule has 0 aliphatic rings. The van der Waals surface area contributed by atoms with Crippen LogP contribution >= 0.6 is 0 Å². The number of benzene rings is 1. The summed E-state index contributed by atoms with van der Waals surface area (Å²) in [6.45, 7) is 0.423. The number of hydrogen-bond acceptors (Lipinski definition) is 4. The van der Waals surface area contributed by atoms with Crippen molar-refractivity contribution in [1.29, 1.82) is 0 Å². The van der Waals surface area contributed by atoms with Crippen LogP contribution in [0.15, 0.2) is 54.9 Å². The Balaban J connectivity index is 1.90. The average molecular weight is 278 g/mol. The van der Waals surface area contributed by atoms with E-state index in [-0.39, 0.29) is 5.91 Å². The van der Waals surface area contributed by atoms with Crippen molar-refractivity contribution in [2.24, 2.45) is 5.73 Å². The first-order valence-corrected chi connectivity index (χ1v) is 6.58. The van der Waals surface area contributed by atoms with E-state index in [0.29, 0.717) is 18.1 Å². The van der Waals surface area contributed by atoms with Crippen LogP contribution in [0.4, 0.5) is 5.82 Å². The summed E-state index contributed by atoms with van der Waals surface area (Å²) in [6.07, 6.45) is 3.27. The number of nitrogens with one attached hydrogen (secondary N) is 1. The third kappa shape index (κ3) is 2.73. The highest BCUT2D eigenvalue weighted by Gasteiger charge is 2.12. The zero-order valence-electron chi connectivity index (χ0n) is 11.3. The van der Waals surface area contributed by atoms with Crippen LogP contribution in [0.25, 0.3) is 10.8 Å². The van der Waals surface area contributed by atoms with Gasteiger partial charge in [-0.05, 0) is 23.1 Å². The molecule has 5 heteroatoms. The molecule has 5 nitrogen and oxygen atoms in total. The summed E-state index contributed by atoms with van der Waals surface area (Å²) in [5.74, 6) is 0.201. The van der Waals surface area contributed by atoms with Crippen molar-refractivity contribution < 1.29 is 4.79 Å². The predicted molar refractivity (Wildman–Crippen MR) is 81.8 cm³/mol. The minimum Gasteiger partial charge on any atom is -0.326 e. The van der Waals surface area contributed by atoms with Crippen LogP contribution in [0.1, 0.15) is 16.1 Å². The van der Waals surface area contributed by atoms with Gasteiger partial charge in [0.05, 0.1) is 0 Å². The Labute approximate surface area is 121 Å². The number of anilines is 1. The molecular formula is C16H14N4O. The lowest BCUT2D eigenvalue weighted by atomic mass is 10.1. The summed E-state index contributed by atoms with van der Waals surface area (Å²) < 4.78 is 0. The third-order valence-corrected chi connectivity index (χ3v) is 3.19. The van der Waals surface area contributed by atoms with E-state index in [2.05, 4.69) is 15.3 Å². The number of hydrogen-bond donors (Lipinski definition) is 2. The largest absolute Gasteiger partial charge is 0.326 e. The van der Waals surface area contributed by atoms with E-state index in [0.717, 1.165) is 16.3 Å². The molecule has 3 rings (SSSR count). The van der Waals surface area contributed by atoms with Crippen molar-refractivity contribution in [2.45, 2.75) is 6.54 Å². The molecule has 21 heavy (non-hydrogen) atoms. The molecule has 0 aliphatic heterocycles. The maximum atomic E-state index is 12.3. The molecule has 0 saturated carbocycles. The topological polar surface area (TPSA) is 80.9 Å². The van der Waals surface area contributed by atoms with Gasteiger partial charge in [0.15, 0.2) is 0 Å². The summed E-state index contributed by atoms with van der Waals surface area (Å²) in [4.78, 5) is 20.7. The van der Waals surface area contributed by atoms with Gasteiger partial charge in [0.2, 0.25) is 0 Å². The smallest absolute Gasteiger partial charge is 0.276 e. The van der Waals surface area contributed by atoms with E-state index in [1.54, 1.807) is 18.5 Å². The Kier molecular flexibility index (Phi) is 3.57. The van der Waals surface area contributed by atoms with Crippen LogP contribution < -0.4 is 11.1 Å². The van der Waals surface area contributed by atoms with Crippen LogP contribution in [0.3, 0.4) is 0 Å². The zero-order valence-corrected chi connectivity index (χ0v) is 11.3. The van der Waals surface area contributed by atoms with Crippen LogP contribution in [-0.2, 0) is 6.54 Å². The molecule has 1 aromatic carbocycles. The van der Waals surface area contributed by atoms with Crippen molar-refractivity contribution in [1.82, 2.24) is 9.97 Å². The lowest BCUT2D eigenvalue weighted by Crippen LogP contribution is -2.15. The third-order valence-electron chi connectivity index (χ3n) is 3.19. The van der Waals surface area contributed by atoms with Crippen LogP contribution in [0.2, 0.25) is 0 Å². The first-order valence-electron chi connectivity index (χ1n) is 6.58. The van der Waals surface area contributed by atoms with Gasteiger partial charge in [0.25, 0.3) is 5.91 Å². The van der Waals surface area contributed by atoms with Crippen molar-refractivity contribution >= 4 is 22.5 Å². The summed E-state index contributed by atoms with van der Waals surface area (Å²) in [6, 6.07) is 13.1. The molecule has 0 aliphatic carbocycles. The standard InChI is InChI=1S/C16H14N4O/c17-9-11-5-6-14(19-10-11)20-16(21)15-13-4-2-1-3-12(13)7-8-18-15/h1-8,10H,9,17H2,(H,19,20,21). The zero-order chi connectivity index (χ0) is 14.7. The number of aromatic nitrogens is 2. The highest BCUT2D eigenvalue weighted by atomic mass is 16.1. The minimum atomic E-state index is -0.278. The second-order valence-corrected chi connectivity index (χ2v) is 4.59. The molecule has 0 saturated heterocycles. The van der Waals surface area contributed by atoms with Crippen LogP contribution in [-0.4, -0.2) is 15.9 Å². The Hall–Kier alpha value is -2.79. The Morgan fingerprint density at radius 1 is 1.10 bits per heavy atom. The van der Waals surface area contributed by atoms with Gasteiger partial charge in [-0.2, -0.15) is 0 Å². The number of carbonyl (C=O) groups is 1.